The van der Waals surface area contributed by atoms with E-state index >= 15 is 0 Å². The Morgan fingerprint density at radius 3 is 2.37 bits per heavy atom. The third-order valence-electron chi connectivity index (χ3n) is 2.24. The number of imide groups is 1. The highest BCUT2D eigenvalue weighted by atomic mass is 16.4. The fraction of sp³-hybridized carbons (Fsp3) is 0.154. The Balaban J connectivity index is 2.70. The number of rotatable bonds is 4. The van der Waals surface area contributed by atoms with E-state index in [4.69, 9.17) is 5.11 Å². The molecule has 0 radical (unpaired) electrons. The molecular formula is C13H14N2O4. The summed E-state index contributed by atoms with van der Waals surface area (Å²) in [5, 5.41) is 10.5. The molecule has 0 aliphatic rings. The van der Waals surface area contributed by atoms with E-state index in [1.807, 2.05) is 6.07 Å². The number of hydrogen-bond donors (Lipinski definition) is 2. The summed E-state index contributed by atoms with van der Waals surface area (Å²) in [6, 6.07) is 8.24. The fourth-order valence-electron chi connectivity index (χ4n) is 1.41. The average molecular weight is 262 g/mol. The van der Waals surface area contributed by atoms with Crippen LogP contribution in [-0.2, 0) is 9.59 Å². The van der Waals surface area contributed by atoms with Gasteiger partial charge in [0.2, 0.25) is 0 Å². The van der Waals surface area contributed by atoms with Gasteiger partial charge >= 0.3 is 12.0 Å². The van der Waals surface area contributed by atoms with Gasteiger partial charge in [0.1, 0.15) is 0 Å². The lowest BCUT2D eigenvalue weighted by atomic mass is 10.3. The van der Waals surface area contributed by atoms with Crippen LogP contribution >= 0.6 is 0 Å². The van der Waals surface area contributed by atoms with Crippen LogP contribution < -0.4 is 10.2 Å². The minimum Gasteiger partial charge on any atom is -0.478 e. The molecule has 6 heteroatoms. The number of aliphatic carboxylic acids is 1. The Bertz CT molecular complexity index is 497. The van der Waals surface area contributed by atoms with E-state index in [-0.39, 0.29) is 0 Å². The van der Waals surface area contributed by atoms with Crippen LogP contribution in [-0.4, -0.2) is 29.6 Å². The summed E-state index contributed by atoms with van der Waals surface area (Å²) >= 11 is 0. The zero-order chi connectivity index (χ0) is 14.3. The number of anilines is 1. The summed E-state index contributed by atoms with van der Waals surface area (Å²) in [6.45, 7) is 2.15. The third-order valence-corrected chi connectivity index (χ3v) is 2.24. The van der Waals surface area contributed by atoms with Crippen LogP contribution in [0.4, 0.5) is 10.5 Å². The van der Waals surface area contributed by atoms with E-state index in [0.717, 1.165) is 6.08 Å². The number of urea groups is 1. The molecule has 0 aliphatic heterocycles. The highest BCUT2D eigenvalue weighted by Crippen LogP contribution is 2.12. The number of para-hydroxylation sites is 1. The molecule has 0 spiro atoms. The van der Waals surface area contributed by atoms with Gasteiger partial charge in [-0.1, -0.05) is 18.2 Å². The number of nitrogens with zero attached hydrogens (tertiary/aromatic N) is 1. The Kier molecular flexibility index (Phi) is 5.28. The van der Waals surface area contributed by atoms with Crippen LogP contribution in [0.3, 0.4) is 0 Å². The smallest absolute Gasteiger partial charge is 0.328 e. The summed E-state index contributed by atoms with van der Waals surface area (Å²) in [5.41, 5.74) is 0.650. The van der Waals surface area contributed by atoms with E-state index in [2.05, 4.69) is 5.32 Å². The average Bonchev–Trinajstić information content (AvgIpc) is 2.38. The monoisotopic (exact) mass is 262 g/mol. The molecule has 0 heterocycles. The number of carbonyl (C=O) groups excluding carboxylic acids is 2. The van der Waals surface area contributed by atoms with E-state index in [1.165, 1.54) is 4.90 Å². The number of carbonyl (C=O) groups is 3. The Labute approximate surface area is 110 Å². The maximum Gasteiger partial charge on any atom is 0.328 e. The van der Waals surface area contributed by atoms with Gasteiger partial charge < -0.3 is 5.11 Å². The van der Waals surface area contributed by atoms with Crippen molar-refractivity contribution in [1.82, 2.24) is 5.32 Å². The van der Waals surface area contributed by atoms with Crippen molar-refractivity contribution in [3.63, 3.8) is 0 Å². The molecule has 100 valence electrons. The van der Waals surface area contributed by atoms with Crippen molar-refractivity contribution in [3.05, 3.63) is 42.5 Å². The maximum absolute atomic E-state index is 11.8. The molecule has 0 saturated heterocycles. The molecule has 6 nitrogen and oxygen atoms in total. The zero-order valence-electron chi connectivity index (χ0n) is 10.4. The molecule has 0 aliphatic carbocycles. The first kappa shape index (κ1) is 14.4. The van der Waals surface area contributed by atoms with Gasteiger partial charge in [0.25, 0.3) is 5.91 Å². The highest BCUT2D eigenvalue weighted by Gasteiger charge is 2.14. The second-order valence-electron chi connectivity index (χ2n) is 3.55. The SMILES string of the molecule is CCN(C(=O)NC(=O)/C=C/C(=O)O)c1ccccc1. The standard InChI is InChI=1S/C13H14N2O4/c1-2-15(10-6-4-3-5-7-10)13(19)14-11(16)8-9-12(17)18/h3-9H,2H2,1H3,(H,17,18)(H,14,16,19)/b9-8+. The minimum absolute atomic E-state index is 0.381. The van der Waals surface area contributed by atoms with E-state index in [1.54, 1.807) is 31.2 Å². The lowest BCUT2D eigenvalue weighted by Crippen LogP contribution is -2.42. The summed E-state index contributed by atoms with van der Waals surface area (Å²) in [7, 11) is 0. The van der Waals surface area contributed by atoms with Crippen molar-refractivity contribution < 1.29 is 19.5 Å². The minimum atomic E-state index is -1.25. The number of nitrogens with one attached hydrogen (secondary N) is 1. The molecule has 0 saturated carbocycles. The number of hydrogen-bond acceptors (Lipinski definition) is 3. The molecule has 3 amide bonds. The summed E-state index contributed by atoms with van der Waals surface area (Å²) in [5.74, 6) is -2.03. The molecule has 19 heavy (non-hydrogen) atoms. The molecule has 0 fully saturated rings. The van der Waals surface area contributed by atoms with Gasteiger partial charge in [-0.3, -0.25) is 15.0 Å². The van der Waals surface area contributed by atoms with Crippen LogP contribution in [0.25, 0.3) is 0 Å². The fourth-order valence-corrected chi connectivity index (χ4v) is 1.41. The van der Waals surface area contributed by atoms with Gasteiger partial charge in [-0.05, 0) is 19.1 Å². The lowest BCUT2D eigenvalue weighted by Gasteiger charge is -2.20. The van der Waals surface area contributed by atoms with E-state index < -0.39 is 17.9 Å². The second kappa shape index (κ2) is 6.95. The zero-order valence-corrected chi connectivity index (χ0v) is 10.4. The molecule has 2 N–H and O–H groups in total. The molecule has 0 atom stereocenters. The van der Waals surface area contributed by atoms with Crippen LogP contribution in [0.2, 0.25) is 0 Å². The largest absolute Gasteiger partial charge is 0.478 e. The Morgan fingerprint density at radius 2 is 1.84 bits per heavy atom. The van der Waals surface area contributed by atoms with Crippen LogP contribution in [0.5, 0.6) is 0 Å². The quantitative estimate of drug-likeness (QED) is 0.803. The summed E-state index contributed by atoms with van der Waals surface area (Å²) in [6.07, 6.45) is 1.46. The summed E-state index contributed by atoms with van der Waals surface area (Å²) < 4.78 is 0. The van der Waals surface area contributed by atoms with Gasteiger partial charge in [-0.2, -0.15) is 0 Å². The van der Waals surface area contributed by atoms with Gasteiger partial charge in [-0.25, -0.2) is 9.59 Å². The predicted molar refractivity (Wildman–Crippen MR) is 69.8 cm³/mol. The second-order valence-corrected chi connectivity index (χ2v) is 3.55. The van der Waals surface area contributed by atoms with Crippen molar-refractivity contribution in [2.45, 2.75) is 6.92 Å². The number of carboxylic acid groups (broad SMARTS) is 1. The molecular weight excluding hydrogens is 248 g/mol. The Morgan fingerprint density at radius 1 is 1.21 bits per heavy atom. The van der Waals surface area contributed by atoms with Crippen LogP contribution in [0.1, 0.15) is 6.92 Å². The van der Waals surface area contributed by atoms with E-state index in [9.17, 15) is 14.4 Å². The normalized spacial score (nSPS) is 10.2. The molecule has 0 aromatic heterocycles. The van der Waals surface area contributed by atoms with Crippen LogP contribution in [0.15, 0.2) is 42.5 Å². The van der Waals surface area contributed by atoms with Crippen molar-refractivity contribution in [1.29, 1.82) is 0 Å². The van der Waals surface area contributed by atoms with Gasteiger partial charge in [0.05, 0.1) is 0 Å². The van der Waals surface area contributed by atoms with Crippen LogP contribution in [0, 0.1) is 0 Å². The third kappa shape index (κ3) is 4.63. The molecule has 1 aromatic carbocycles. The Hall–Kier alpha value is -2.63. The van der Waals surface area contributed by atoms with Crippen molar-refractivity contribution in [2.24, 2.45) is 0 Å². The molecule has 0 unspecified atom stereocenters. The number of benzene rings is 1. The first-order valence-electron chi connectivity index (χ1n) is 5.63. The van der Waals surface area contributed by atoms with Crippen molar-refractivity contribution in [3.8, 4) is 0 Å². The predicted octanol–water partition coefficient (Wildman–Crippen LogP) is 1.39. The van der Waals surface area contributed by atoms with E-state index in [0.29, 0.717) is 18.3 Å². The van der Waals surface area contributed by atoms with Crippen molar-refractivity contribution in [2.75, 3.05) is 11.4 Å². The van der Waals surface area contributed by atoms with Gasteiger partial charge in [0.15, 0.2) is 0 Å². The number of carboxylic acids is 1. The topological polar surface area (TPSA) is 86.7 Å². The first-order chi connectivity index (χ1) is 9.04. The van der Waals surface area contributed by atoms with Crippen molar-refractivity contribution >= 4 is 23.6 Å². The molecule has 1 rings (SSSR count). The van der Waals surface area contributed by atoms with Gasteiger partial charge in [0, 0.05) is 24.4 Å². The first-order valence-corrected chi connectivity index (χ1v) is 5.63. The summed E-state index contributed by atoms with van der Waals surface area (Å²) in [4.78, 5) is 34.7. The number of amides is 3. The molecule has 1 aromatic rings. The molecule has 0 bridgehead atoms. The van der Waals surface area contributed by atoms with Gasteiger partial charge in [-0.15, -0.1) is 0 Å². The highest BCUT2D eigenvalue weighted by molar-refractivity contribution is 6.07. The lowest BCUT2D eigenvalue weighted by molar-refractivity contribution is -0.131. The maximum atomic E-state index is 11.8.